The van der Waals surface area contributed by atoms with Gasteiger partial charge in [-0.2, -0.15) is 13.2 Å². The number of hydrogen-bond donors (Lipinski definition) is 1. The van der Waals surface area contributed by atoms with Crippen molar-refractivity contribution in [2.75, 3.05) is 0 Å². The van der Waals surface area contributed by atoms with Crippen LogP contribution in [-0.4, -0.2) is 21.8 Å². The third-order valence-corrected chi connectivity index (χ3v) is 5.21. The van der Waals surface area contributed by atoms with Crippen molar-refractivity contribution in [1.29, 1.82) is 0 Å². The number of carbonyl (C=O) groups excluding carboxylic acids is 2. The highest BCUT2D eigenvalue weighted by Gasteiger charge is 2.49. The number of carbonyl (C=O) groups is 2. The Morgan fingerprint density at radius 1 is 1.13 bits per heavy atom. The third kappa shape index (κ3) is 3.78. The molecule has 160 valence electrons. The van der Waals surface area contributed by atoms with Gasteiger partial charge in [0, 0.05) is 5.56 Å². The van der Waals surface area contributed by atoms with Crippen molar-refractivity contribution in [3.8, 4) is 11.5 Å². The number of halogens is 3. The van der Waals surface area contributed by atoms with Gasteiger partial charge in [0.2, 0.25) is 5.89 Å². The van der Waals surface area contributed by atoms with Gasteiger partial charge in [-0.1, -0.05) is 29.8 Å². The number of rotatable bonds is 4. The van der Waals surface area contributed by atoms with Crippen molar-refractivity contribution in [3.05, 3.63) is 77.2 Å². The van der Waals surface area contributed by atoms with Crippen molar-refractivity contribution >= 4 is 11.9 Å². The van der Waals surface area contributed by atoms with E-state index in [1.807, 2.05) is 31.2 Å². The number of nitrogens with zero attached hydrogens (tertiary/aromatic N) is 2. The minimum absolute atomic E-state index is 0.0451. The van der Waals surface area contributed by atoms with E-state index < -0.39 is 29.2 Å². The van der Waals surface area contributed by atoms with Crippen LogP contribution in [0.25, 0.3) is 11.5 Å². The Balaban J connectivity index is 1.57. The van der Waals surface area contributed by atoms with Crippen LogP contribution < -0.4 is 5.32 Å². The first-order valence-corrected chi connectivity index (χ1v) is 9.41. The van der Waals surface area contributed by atoms with Crippen LogP contribution in [0.5, 0.6) is 0 Å². The minimum Gasteiger partial charge on any atom is -0.444 e. The average Bonchev–Trinajstić information content (AvgIpc) is 3.27. The van der Waals surface area contributed by atoms with Gasteiger partial charge in [-0.3, -0.25) is 9.69 Å². The molecule has 1 aliphatic heterocycles. The molecule has 1 N–H and O–H groups in total. The Morgan fingerprint density at radius 3 is 2.52 bits per heavy atom. The summed E-state index contributed by atoms with van der Waals surface area (Å²) in [4.78, 5) is 30.7. The maximum Gasteiger partial charge on any atom is 0.416 e. The van der Waals surface area contributed by atoms with Gasteiger partial charge in [-0.25, -0.2) is 9.78 Å². The first-order valence-electron chi connectivity index (χ1n) is 9.41. The van der Waals surface area contributed by atoms with Gasteiger partial charge >= 0.3 is 12.2 Å². The fourth-order valence-electron chi connectivity index (χ4n) is 3.41. The van der Waals surface area contributed by atoms with Crippen LogP contribution >= 0.6 is 0 Å². The second kappa shape index (κ2) is 7.26. The molecule has 1 saturated heterocycles. The zero-order valence-corrected chi connectivity index (χ0v) is 16.7. The van der Waals surface area contributed by atoms with E-state index in [-0.39, 0.29) is 12.1 Å². The summed E-state index contributed by atoms with van der Waals surface area (Å²) in [7, 11) is 0. The van der Waals surface area contributed by atoms with E-state index in [1.165, 1.54) is 25.3 Å². The molecule has 1 aliphatic rings. The van der Waals surface area contributed by atoms with Gasteiger partial charge in [0.15, 0.2) is 0 Å². The largest absolute Gasteiger partial charge is 0.444 e. The Morgan fingerprint density at radius 2 is 1.84 bits per heavy atom. The Bertz CT molecular complexity index is 1150. The molecular formula is C22H18F3N3O3. The Kier molecular flexibility index (Phi) is 4.83. The molecule has 2 aromatic carbocycles. The predicted octanol–water partition coefficient (Wildman–Crippen LogP) is 4.64. The van der Waals surface area contributed by atoms with Crippen molar-refractivity contribution in [3.63, 3.8) is 0 Å². The van der Waals surface area contributed by atoms with Crippen LogP contribution in [-0.2, 0) is 23.1 Å². The summed E-state index contributed by atoms with van der Waals surface area (Å²) in [6, 6.07) is 11.1. The summed E-state index contributed by atoms with van der Waals surface area (Å²) in [5, 5.41) is 2.50. The number of amides is 3. The summed E-state index contributed by atoms with van der Waals surface area (Å²) in [5.74, 6) is -0.334. The Hall–Kier alpha value is -3.62. The van der Waals surface area contributed by atoms with Crippen molar-refractivity contribution in [2.24, 2.45) is 0 Å². The number of oxazole rings is 1. The number of urea groups is 1. The molecule has 2 heterocycles. The van der Waals surface area contributed by atoms with Crippen LogP contribution in [0.1, 0.15) is 29.3 Å². The van der Waals surface area contributed by atoms with Gasteiger partial charge in [-0.05, 0) is 43.7 Å². The van der Waals surface area contributed by atoms with Gasteiger partial charge in [-0.15, -0.1) is 0 Å². The molecule has 3 aromatic rings. The smallest absolute Gasteiger partial charge is 0.416 e. The van der Waals surface area contributed by atoms with E-state index in [0.717, 1.165) is 28.2 Å². The van der Waals surface area contributed by atoms with Crippen LogP contribution in [0.15, 0.2) is 59.2 Å². The predicted molar refractivity (Wildman–Crippen MR) is 105 cm³/mol. The number of benzene rings is 2. The highest BCUT2D eigenvalue weighted by molar-refractivity contribution is 6.07. The second-order valence-corrected chi connectivity index (χ2v) is 7.54. The lowest BCUT2D eigenvalue weighted by molar-refractivity contribution is -0.138. The Labute approximate surface area is 175 Å². The first kappa shape index (κ1) is 20.6. The number of aromatic nitrogens is 1. The molecule has 0 spiro atoms. The number of alkyl halides is 3. The lowest BCUT2D eigenvalue weighted by Crippen LogP contribution is -2.41. The van der Waals surface area contributed by atoms with E-state index in [2.05, 4.69) is 10.3 Å². The first-order chi connectivity index (χ1) is 14.6. The quantitative estimate of drug-likeness (QED) is 0.614. The molecule has 3 amide bonds. The van der Waals surface area contributed by atoms with Gasteiger partial charge < -0.3 is 9.73 Å². The second-order valence-electron chi connectivity index (χ2n) is 7.54. The summed E-state index contributed by atoms with van der Waals surface area (Å²) < 4.78 is 44.7. The van der Waals surface area contributed by atoms with E-state index in [0.29, 0.717) is 11.6 Å². The minimum atomic E-state index is -4.56. The number of aryl methyl sites for hydroxylation is 1. The maximum atomic E-state index is 13.1. The monoisotopic (exact) mass is 429 g/mol. The SMILES string of the molecule is Cc1ccc(-c2nc(CN3C(=O)N[C@](C)(c4cccc(C(F)(F)F)c4)C3=O)co2)cc1. The molecule has 1 aromatic heterocycles. The van der Waals surface area contributed by atoms with E-state index in [9.17, 15) is 22.8 Å². The summed E-state index contributed by atoms with van der Waals surface area (Å²) in [6.45, 7) is 3.15. The van der Waals surface area contributed by atoms with E-state index >= 15 is 0 Å². The number of hydrogen-bond acceptors (Lipinski definition) is 4. The van der Waals surface area contributed by atoms with Crippen LogP contribution in [0.2, 0.25) is 0 Å². The average molecular weight is 429 g/mol. The topological polar surface area (TPSA) is 75.4 Å². The molecule has 9 heteroatoms. The molecule has 0 unspecified atom stereocenters. The molecule has 0 aliphatic carbocycles. The van der Waals surface area contributed by atoms with Crippen molar-refractivity contribution < 1.29 is 27.2 Å². The van der Waals surface area contributed by atoms with Crippen LogP contribution in [0, 0.1) is 6.92 Å². The van der Waals surface area contributed by atoms with Gasteiger partial charge in [0.05, 0.1) is 17.8 Å². The van der Waals surface area contributed by atoms with Crippen LogP contribution in [0.4, 0.5) is 18.0 Å². The van der Waals surface area contributed by atoms with Crippen LogP contribution in [0.3, 0.4) is 0 Å². The zero-order chi connectivity index (χ0) is 22.4. The molecule has 1 atom stereocenters. The molecule has 6 nitrogen and oxygen atoms in total. The standard InChI is InChI=1S/C22H18F3N3O3/c1-13-6-8-14(9-7-13)18-26-17(12-31-18)11-28-19(29)21(2,27-20(28)30)15-4-3-5-16(10-15)22(23,24)25/h3-10,12H,11H2,1-2H3,(H,27,30)/t21-/m1/s1. The van der Waals surface area contributed by atoms with Crippen molar-refractivity contribution in [1.82, 2.24) is 15.2 Å². The van der Waals surface area contributed by atoms with Crippen molar-refractivity contribution in [2.45, 2.75) is 32.1 Å². The maximum absolute atomic E-state index is 13.1. The molecule has 0 saturated carbocycles. The van der Waals surface area contributed by atoms with Gasteiger partial charge in [0.1, 0.15) is 11.8 Å². The molecule has 0 bridgehead atoms. The fraction of sp³-hybridized carbons (Fsp3) is 0.227. The highest BCUT2D eigenvalue weighted by Crippen LogP contribution is 2.35. The zero-order valence-electron chi connectivity index (χ0n) is 16.7. The molecular weight excluding hydrogens is 411 g/mol. The number of imide groups is 1. The molecule has 31 heavy (non-hydrogen) atoms. The molecule has 0 radical (unpaired) electrons. The van der Waals surface area contributed by atoms with E-state index in [1.54, 1.807) is 0 Å². The summed E-state index contributed by atoms with van der Waals surface area (Å²) in [5.41, 5.74) is -0.324. The third-order valence-electron chi connectivity index (χ3n) is 5.21. The van der Waals surface area contributed by atoms with E-state index in [4.69, 9.17) is 4.42 Å². The lowest BCUT2D eigenvalue weighted by atomic mass is 9.90. The number of nitrogens with one attached hydrogen (secondary N) is 1. The summed E-state index contributed by atoms with van der Waals surface area (Å²) in [6.07, 6.45) is -3.22. The molecule has 4 rings (SSSR count). The normalized spacial score (nSPS) is 19.1. The van der Waals surface area contributed by atoms with Gasteiger partial charge in [0.25, 0.3) is 5.91 Å². The summed E-state index contributed by atoms with van der Waals surface area (Å²) >= 11 is 0. The fourth-order valence-corrected chi connectivity index (χ4v) is 3.41. The highest BCUT2D eigenvalue weighted by atomic mass is 19.4. The molecule has 1 fully saturated rings. The lowest BCUT2D eigenvalue weighted by Gasteiger charge is -2.23.